The molecule has 11 heteroatoms. The minimum absolute atomic E-state index is 0.00395. The van der Waals surface area contributed by atoms with Crippen LogP contribution in [0.25, 0.3) is 0 Å². The van der Waals surface area contributed by atoms with Gasteiger partial charge in [0.15, 0.2) is 0 Å². The van der Waals surface area contributed by atoms with E-state index in [1.54, 1.807) is 24.3 Å². The molecule has 0 heterocycles. The zero-order chi connectivity index (χ0) is 23.1. The summed E-state index contributed by atoms with van der Waals surface area (Å²) in [7, 11) is -3.95. The molecular weight excluding hydrogens is 436 g/mol. The Bertz CT molecular complexity index is 1100. The van der Waals surface area contributed by atoms with Crippen LogP contribution in [0.1, 0.15) is 36.0 Å². The average Bonchev–Trinajstić information content (AvgIpc) is 3.32. The van der Waals surface area contributed by atoms with Crippen LogP contribution in [-0.4, -0.2) is 38.2 Å². The molecule has 0 bridgehead atoms. The van der Waals surface area contributed by atoms with E-state index in [0.717, 1.165) is 31.7 Å². The number of anilines is 1. The third-order valence-electron chi connectivity index (χ3n) is 5.18. The van der Waals surface area contributed by atoms with Crippen molar-refractivity contribution >= 4 is 33.2 Å². The topological polar surface area (TPSA) is 148 Å². The Labute approximate surface area is 185 Å². The van der Waals surface area contributed by atoms with Crippen molar-refractivity contribution in [3.05, 3.63) is 64.2 Å². The second-order valence-electron chi connectivity index (χ2n) is 7.46. The molecule has 3 N–H and O–H groups in total. The number of amides is 2. The van der Waals surface area contributed by atoms with Crippen LogP contribution in [0.2, 0.25) is 0 Å². The molecule has 0 unspecified atom stereocenters. The van der Waals surface area contributed by atoms with Crippen molar-refractivity contribution in [2.45, 2.75) is 30.6 Å². The number of sulfonamides is 1. The molecule has 2 amide bonds. The van der Waals surface area contributed by atoms with Crippen LogP contribution in [0, 0.1) is 16.0 Å². The Hall–Kier alpha value is -3.31. The number of carbonyl (C=O) groups excluding carboxylic acids is 2. The van der Waals surface area contributed by atoms with Crippen LogP contribution < -0.4 is 15.4 Å². The summed E-state index contributed by atoms with van der Waals surface area (Å²) >= 11 is 0. The molecule has 1 aliphatic carbocycles. The first-order chi connectivity index (χ1) is 15.3. The maximum atomic E-state index is 12.3. The van der Waals surface area contributed by atoms with Gasteiger partial charge in [-0.25, -0.2) is 13.1 Å². The van der Waals surface area contributed by atoms with Crippen molar-refractivity contribution in [3.63, 3.8) is 0 Å². The summed E-state index contributed by atoms with van der Waals surface area (Å²) < 4.78 is 26.8. The van der Waals surface area contributed by atoms with Crippen LogP contribution in [0.5, 0.6) is 0 Å². The van der Waals surface area contributed by atoms with Crippen LogP contribution in [0.4, 0.5) is 11.4 Å². The third-order valence-corrected chi connectivity index (χ3v) is 6.64. The molecule has 3 rings (SSSR count). The van der Waals surface area contributed by atoms with Gasteiger partial charge in [0.2, 0.25) is 15.9 Å². The predicted molar refractivity (Wildman–Crippen MR) is 118 cm³/mol. The van der Waals surface area contributed by atoms with Gasteiger partial charge >= 0.3 is 0 Å². The van der Waals surface area contributed by atoms with Gasteiger partial charge in [0.25, 0.3) is 11.6 Å². The monoisotopic (exact) mass is 460 g/mol. The Morgan fingerprint density at radius 2 is 1.72 bits per heavy atom. The molecule has 0 aliphatic heterocycles. The molecule has 2 aromatic rings. The van der Waals surface area contributed by atoms with Gasteiger partial charge in [-0.2, -0.15) is 0 Å². The van der Waals surface area contributed by atoms with Crippen LogP contribution in [0.3, 0.4) is 0 Å². The number of nitro benzene ring substituents is 1. The number of nitrogens with one attached hydrogen (secondary N) is 3. The van der Waals surface area contributed by atoms with Crippen LogP contribution in [0.15, 0.2) is 53.4 Å². The Morgan fingerprint density at radius 3 is 2.38 bits per heavy atom. The number of non-ortho nitro benzene ring substituents is 1. The quantitative estimate of drug-likeness (QED) is 0.297. The first-order valence-electron chi connectivity index (χ1n) is 10.2. The van der Waals surface area contributed by atoms with E-state index in [-0.39, 0.29) is 35.5 Å². The maximum Gasteiger partial charge on any atom is 0.270 e. The number of hydrogen-bond donors (Lipinski definition) is 3. The SMILES string of the molecule is O=C(NCCNS(=O)(=O)c1cccc([N+](=O)[O-])c1)c1ccc(NC(=O)C2CCCC2)cc1. The number of nitro groups is 1. The standard InChI is InChI=1S/C21H24N4O6S/c26-20(16-8-10-17(11-9-16)24-21(27)15-4-1-2-5-15)22-12-13-23-32(30,31)19-7-3-6-18(14-19)25(28)29/h3,6-11,14-15,23H,1-2,4-5,12-13H2,(H,22,26)(H,24,27). The third kappa shape index (κ3) is 6.11. The number of hydrogen-bond acceptors (Lipinski definition) is 6. The van der Waals surface area contributed by atoms with E-state index >= 15 is 0 Å². The van der Waals surface area contributed by atoms with Crippen molar-refractivity contribution in [1.29, 1.82) is 0 Å². The van der Waals surface area contributed by atoms with Gasteiger partial charge in [0.1, 0.15) is 0 Å². The highest BCUT2D eigenvalue weighted by Gasteiger charge is 2.22. The minimum atomic E-state index is -3.95. The summed E-state index contributed by atoms with van der Waals surface area (Å²) in [5.41, 5.74) is 0.651. The molecule has 0 atom stereocenters. The molecule has 1 fully saturated rings. The first kappa shape index (κ1) is 23.4. The first-order valence-corrected chi connectivity index (χ1v) is 11.7. The van der Waals surface area contributed by atoms with Gasteiger partial charge in [0.05, 0.1) is 9.82 Å². The zero-order valence-corrected chi connectivity index (χ0v) is 18.1. The lowest BCUT2D eigenvalue weighted by atomic mass is 10.1. The highest BCUT2D eigenvalue weighted by Crippen LogP contribution is 2.26. The van der Waals surface area contributed by atoms with Crippen molar-refractivity contribution in [2.24, 2.45) is 5.92 Å². The fourth-order valence-corrected chi connectivity index (χ4v) is 4.52. The van der Waals surface area contributed by atoms with Gasteiger partial charge in [0, 0.05) is 42.4 Å². The molecule has 0 aromatic heterocycles. The van der Waals surface area contributed by atoms with Gasteiger partial charge in [-0.15, -0.1) is 0 Å². The lowest BCUT2D eigenvalue weighted by Gasteiger charge is -2.11. The normalized spacial score (nSPS) is 14.1. The summed E-state index contributed by atoms with van der Waals surface area (Å²) in [6.45, 7) is -0.0700. The predicted octanol–water partition coefficient (Wildman–Crippen LogP) is 2.43. The number of nitrogens with zero attached hydrogens (tertiary/aromatic N) is 1. The highest BCUT2D eigenvalue weighted by atomic mass is 32.2. The molecule has 1 saturated carbocycles. The second-order valence-corrected chi connectivity index (χ2v) is 9.22. The summed E-state index contributed by atoms with van der Waals surface area (Å²) in [6.07, 6.45) is 3.94. The van der Waals surface area contributed by atoms with Gasteiger partial charge in [-0.05, 0) is 43.2 Å². The van der Waals surface area contributed by atoms with E-state index in [0.29, 0.717) is 11.3 Å². The molecular formula is C21H24N4O6S. The van der Waals surface area contributed by atoms with E-state index in [2.05, 4.69) is 15.4 Å². The Balaban J connectivity index is 1.46. The van der Waals surface area contributed by atoms with E-state index in [4.69, 9.17) is 0 Å². The lowest BCUT2D eigenvalue weighted by Crippen LogP contribution is -2.34. The number of rotatable bonds is 9. The molecule has 0 saturated heterocycles. The fraction of sp³-hybridized carbons (Fsp3) is 0.333. The van der Waals surface area contributed by atoms with Gasteiger partial charge < -0.3 is 10.6 Å². The molecule has 2 aromatic carbocycles. The molecule has 10 nitrogen and oxygen atoms in total. The zero-order valence-electron chi connectivity index (χ0n) is 17.2. The van der Waals surface area contributed by atoms with Crippen LogP contribution in [-0.2, 0) is 14.8 Å². The molecule has 0 radical (unpaired) electrons. The highest BCUT2D eigenvalue weighted by molar-refractivity contribution is 7.89. The van der Waals surface area contributed by atoms with Crippen molar-refractivity contribution in [2.75, 3.05) is 18.4 Å². The van der Waals surface area contributed by atoms with E-state index < -0.39 is 20.9 Å². The minimum Gasteiger partial charge on any atom is -0.351 e. The molecule has 0 spiro atoms. The Kier molecular flexibility index (Phi) is 7.54. The molecule has 1 aliphatic rings. The van der Waals surface area contributed by atoms with Gasteiger partial charge in [-0.1, -0.05) is 18.9 Å². The molecule has 170 valence electrons. The van der Waals surface area contributed by atoms with E-state index in [1.165, 1.54) is 18.2 Å². The number of carbonyl (C=O) groups is 2. The largest absolute Gasteiger partial charge is 0.351 e. The number of benzene rings is 2. The molecule has 32 heavy (non-hydrogen) atoms. The fourth-order valence-electron chi connectivity index (χ4n) is 3.45. The van der Waals surface area contributed by atoms with Crippen molar-refractivity contribution < 1.29 is 22.9 Å². The summed E-state index contributed by atoms with van der Waals surface area (Å²) in [5.74, 6) is -0.354. The van der Waals surface area contributed by atoms with E-state index in [1.807, 2.05) is 0 Å². The smallest absolute Gasteiger partial charge is 0.270 e. The van der Waals surface area contributed by atoms with E-state index in [9.17, 15) is 28.1 Å². The summed E-state index contributed by atoms with van der Waals surface area (Å²) in [5, 5.41) is 16.3. The average molecular weight is 461 g/mol. The van der Waals surface area contributed by atoms with Gasteiger partial charge in [-0.3, -0.25) is 19.7 Å². The lowest BCUT2D eigenvalue weighted by molar-refractivity contribution is -0.385. The Morgan fingerprint density at radius 1 is 1.03 bits per heavy atom. The second kappa shape index (κ2) is 10.3. The van der Waals surface area contributed by atoms with Crippen molar-refractivity contribution in [1.82, 2.24) is 10.0 Å². The van der Waals surface area contributed by atoms with Crippen molar-refractivity contribution in [3.8, 4) is 0 Å². The maximum absolute atomic E-state index is 12.3. The van der Waals surface area contributed by atoms with Crippen LogP contribution >= 0.6 is 0 Å². The summed E-state index contributed by atoms with van der Waals surface area (Å²) in [4.78, 5) is 34.3. The summed E-state index contributed by atoms with van der Waals surface area (Å²) in [6, 6.07) is 11.1.